The molecule has 2 aromatic heterocycles. The van der Waals surface area contributed by atoms with Crippen molar-refractivity contribution in [1.82, 2.24) is 19.8 Å². The molecule has 2 aromatic carbocycles. The molecule has 2 N–H and O–H groups in total. The van der Waals surface area contributed by atoms with Crippen molar-refractivity contribution in [2.75, 3.05) is 19.6 Å². The van der Waals surface area contributed by atoms with Gasteiger partial charge in [-0.05, 0) is 57.1 Å². The van der Waals surface area contributed by atoms with Crippen LogP contribution in [0.2, 0.25) is 0 Å². The van der Waals surface area contributed by atoms with E-state index in [-0.39, 0.29) is 11.8 Å². The van der Waals surface area contributed by atoms with Gasteiger partial charge in [-0.25, -0.2) is 0 Å². The average Bonchev–Trinajstić information content (AvgIpc) is 3.53. The second-order valence-corrected chi connectivity index (χ2v) is 10.3. The second kappa shape index (κ2) is 9.13. The smallest absolute Gasteiger partial charge is 0.259 e. The molecule has 6 rings (SSSR count). The minimum absolute atomic E-state index is 0.349. The monoisotopic (exact) mass is 530 g/mol. The Balaban J connectivity index is 1.45. The van der Waals surface area contributed by atoms with Gasteiger partial charge in [-0.3, -0.25) is 14.9 Å². The van der Waals surface area contributed by atoms with E-state index in [2.05, 4.69) is 41.8 Å². The van der Waals surface area contributed by atoms with Gasteiger partial charge in [0.1, 0.15) is 0 Å². The van der Waals surface area contributed by atoms with Crippen molar-refractivity contribution in [2.45, 2.75) is 32.2 Å². The van der Waals surface area contributed by atoms with Crippen LogP contribution in [0.1, 0.15) is 36.8 Å². The topological polar surface area (TPSA) is 70.1 Å². The number of carbonyl (C=O) groups is 2. The van der Waals surface area contributed by atoms with Gasteiger partial charge in [0.15, 0.2) is 0 Å². The quantitative estimate of drug-likeness (QED) is 0.331. The summed E-state index contributed by atoms with van der Waals surface area (Å²) in [5, 5.41) is 4.44. The van der Waals surface area contributed by atoms with Gasteiger partial charge in [0.2, 0.25) is 0 Å². The van der Waals surface area contributed by atoms with E-state index >= 15 is 0 Å². The molecule has 35 heavy (non-hydrogen) atoms. The fourth-order valence-corrected chi connectivity index (χ4v) is 6.15. The lowest BCUT2D eigenvalue weighted by molar-refractivity contribution is -0.122. The van der Waals surface area contributed by atoms with Crippen LogP contribution >= 0.6 is 15.9 Å². The average molecular weight is 531 g/mol. The predicted molar refractivity (Wildman–Crippen MR) is 143 cm³/mol. The molecule has 7 heteroatoms. The SMILES string of the molecule is O=C1NC(=O)C(c2cn(CCCN3CCCCC3)c3cccc(Br)c23)=C1c1c[nH]c2ccccc12. The molecule has 4 heterocycles. The maximum absolute atomic E-state index is 13.2. The first-order valence-electron chi connectivity index (χ1n) is 12.3. The third-order valence-corrected chi connectivity index (χ3v) is 7.90. The van der Waals surface area contributed by atoms with Crippen LogP contribution in [-0.4, -0.2) is 45.9 Å². The Labute approximate surface area is 212 Å². The number of aromatic nitrogens is 2. The molecular weight excluding hydrogens is 504 g/mol. The van der Waals surface area contributed by atoms with Crippen LogP contribution in [0.3, 0.4) is 0 Å². The van der Waals surface area contributed by atoms with Gasteiger partial charge in [-0.2, -0.15) is 0 Å². The van der Waals surface area contributed by atoms with Crippen molar-refractivity contribution in [3.05, 3.63) is 70.5 Å². The van der Waals surface area contributed by atoms with Crippen molar-refractivity contribution < 1.29 is 9.59 Å². The zero-order chi connectivity index (χ0) is 23.9. The van der Waals surface area contributed by atoms with Crippen LogP contribution in [-0.2, 0) is 16.1 Å². The number of halogens is 1. The molecule has 0 saturated carbocycles. The number of para-hydroxylation sites is 1. The van der Waals surface area contributed by atoms with Crippen molar-refractivity contribution in [3.8, 4) is 0 Å². The number of nitrogens with zero attached hydrogens (tertiary/aromatic N) is 2. The number of aryl methyl sites for hydroxylation is 1. The van der Waals surface area contributed by atoms with E-state index in [1.54, 1.807) is 0 Å². The third kappa shape index (κ3) is 3.93. The minimum Gasteiger partial charge on any atom is -0.361 e. The zero-order valence-corrected chi connectivity index (χ0v) is 21.0. The Morgan fingerprint density at radius 1 is 0.857 bits per heavy atom. The molecule has 1 fully saturated rings. The first-order valence-corrected chi connectivity index (χ1v) is 13.1. The lowest BCUT2D eigenvalue weighted by Gasteiger charge is -2.26. The Morgan fingerprint density at radius 3 is 2.46 bits per heavy atom. The molecule has 2 aliphatic heterocycles. The fraction of sp³-hybridized carbons (Fsp3) is 0.286. The van der Waals surface area contributed by atoms with E-state index < -0.39 is 0 Å². The highest BCUT2D eigenvalue weighted by Gasteiger charge is 2.35. The normalized spacial score (nSPS) is 17.2. The van der Waals surface area contributed by atoms with Crippen molar-refractivity contribution >= 4 is 60.7 Å². The molecule has 4 aromatic rings. The first kappa shape index (κ1) is 22.3. The molecule has 0 atom stereocenters. The van der Waals surface area contributed by atoms with Gasteiger partial charge in [-0.1, -0.05) is 46.6 Å². The number of H-pyrrole nitrogens is 1. The highest BCUT2D eigenvalue weighted by molar-refractivity contribution is 9.10. The van der Waals surface area contributed by atoms with Crippen LogP contribution in [0.4, 0.5) is 0 Å². The van der Waals surface area contributed by atoms with E-state index in [4.69, 9.17) is 0 Å². The van der Waals surface area contributed by atoms with Gasteiger partial charge in [0.05, 0.1) is 11.1 Å². The van der Waals surface area contributed by atoms with Crippen molar-refractivity contribution in [3.63, 3.8) is 0 Å². The predicted octanol–water partition coefficient (Wildman–Crippen LogP) is 5.33. The van der Waals surface area contributed by atoms with E-state index in [9.17, 15) is 9.59 Å². The first-order chi connectivity index (χ1) is 17.1. The van der Waals surface area contributed by atoms with Crippen LogP contribution < -0.4 is 5.32 Å². The largest absolute Gasteiger partial charge is 0.361 e. The van der Waals surface area contributed by atoms with Gasteiger partial charge >= 0.3 is 0 Å². The van der Waals surface area contributed by atoms with Gasteiger partial charge in [0, 0.05) is 56.3 Å². The standard InChI is InChI=1S/C28H27BrN4O2/c29-21-9-6-11-23-24(21)20(17-33(23)15-7-14-32-12-4-1-5-13-32)26-25(27(34)31-28(26)35)19-16-30-22-10-3-2-8-18(19)22/h2-3,6,8-11,16-17,30H,1,4-5,7,12-15H2,(H,31,34,35). The van der Waals surface area contributed by atoms with Gasteiger partial charge in [0.25, 0.3) is 11.8 Å². The minimum atomic E-state index is -0.354. The van der Waals surface area contributed by atoms with E-state index in [1.165, 1.54) is 32.4 Å². The summed E-state index contributed by atoms with van der Waals surface area (Å²) in [6, 6.07) is 13.9. The summed E-state index contributed by atoms with van der Waals surface area (Å²) < 4.78 is 3.15. The lowest BCUT2D eigenvalue weighted by atomic mass is 9.95. The summed E-state index contributed by atoms with van der Waals surface area (Å²) in [5.41, 5.74) is 4.39. The van der Waals surface area contributed by atoms with Crippen molar-refractivity contribution in [2.24, 2.45) is 0 Å². The molecule has 2 aliphatic rings. The molecule has 2 amide bonds. The third-order valence-electron chi connectivity index (χ3n) is 7.24. The van der Waals surface area contributed by atoms with E-state index in [0.29, 0.717) is 11.1 Å². The number of hydrogen-bond acceptors (Lipinski definition) is 3. The molecule has 0 radical (unpaired) electrons. The van der Waals surface area contributed by atoms with Crippen LogP contribution in [0.25, 0.3) is 33.0 Å². The maximum atomic E-state index is 13.2. The van der Waals surface area contributed by atoms with Crippen LogP contribution in [0.5, 0.6) is 0 Å². The zero-order valence-electron chi connectivity index (χ0n) is 19.4. The molecule has 1 saturated heterocycles. The highest BCUT2D eigenvalue weighted by Crippen LogP contribution is 2.40. The molecule has 6 nitrogen and oxygen atoms in total. The summed E-state index contributed by atoms with van der Waals surface area (Å²) in [4.78, 5) is 32.0. The number of fused-ring (bicyclic) bond motifs is 2. The van der Waals surface area contributed by atoms with E-state index in [0.717, 1.165) is 56.9 Å². The number of nitrogens with one attached hydrogen (secondary N) is 2. The molecule has 0 unspecified atom stereocenters. The van der Waals surface area contributed by atoms with Crippen LogP contribution in [0.15, 0.2) is 59.3 Å². The summed E-state index contributed by atoms with van der Waals surface area (Å²) in [5.74, 6) is -0.703. The summed E-state index contributed by atoms with van der Waals surface area (Å²) in [7, 11) is 0. The highest BCUT2D eigenvalue weighted by atomic mass is 79.9. The Morgan fingerprint density at radius 2 is 1.63 bits per heavy atom. The summed E-state index contributed by atoms with van der Waals surface area (Å²) >= 11 is 3.72. The Hall–Kier alpha value is -3.16. The van der Waals surface area contributed by atoms with Crippen molar-refractivity contribution in [1.29, 1.82) is 0 Å². The molecule has 0 aliphatic carbocycles. The number of amides is 2. The molecular formula is C28H27BrN4O2. The number of piperidine rings is 1. The maximum Gasteiger partial charge on any atom is 0.259 e. The summed E-state index contributed by atoms with van der Waals surface area (Å²) in [6.45, 7) is 4.30. The number of hydrogen-bond donors (Lipinski definition) is 2. The number of carbonyl (C=O) groups excluding carboxylic acids is 2. The molecule has 0 bridgehead atoms. The number of rotatable bonds is 6. The Bertz CT molecular complexity index is 1490. The Kier molecular flexibility index (Phi) is 5.82. The lowest BCUT2D eigenvalue weighted by Crippen LogP contribution is -2.31. The van der Waals surface area contributed by atoms with Gasteiger partial charge < -0.3 is 14.5 Å². The van der Waals surface area contributed by atoms with Crippen LogP contribution in [0, 0.1) is 0 Å². The molecule has 0 spiro atoms. The fourth-order valence-electron chi connectivity index (χ4n) is 5.58. The van der Waals surface area contributed by atoms with Gasteiger partial charge in [-0.15, -0.1) is 0 Å². The molecule has 178 valence electrons. The summed E-state index contributed by atoms with van der Waals surface area (Å²) in [6.07, 6.45) is 8.83. The number of likely N-dealkylation sites (tertiary alicyclic amines) is 1. The number of benzene rings is 2. The number of aromatic amines is 1. The van der Waals surface area contributed by atoms with E-state index in [1.807, 2.05) is 48.8 Å². The second-order valence-electron chi connectivity index (χ2n) is 9.41. The number of imide groups is 1.